The van der Waals surface area contributed by atoms with E-state index in [1.165, 1.54) is 12.1 Å². The smallest absolute Gasteiger partial charge is 0.270 e. The molecule has 1 aromatic carbocycles. The Hall–Kier alpha value is -2.21. The highest BCUT2D eigenvalue weighted by atomic mass is 19.1. The lowest BCUT2D eigenvalue weighted by Crippen LogP contribution is -2.32. The number of nitrogens with zero attached hydrogens (tertiary/aromatic N) is 2. The monoisotopic (exact) mass is 275 g/mol. The maximum absolute atomic E-state index is 14.2. The van der Waals surface area contributed by atoms with Crippen molar-refractivity contribution in [3.05, 3.63) is 46.1 Å². The largest absolute Gasteiger partial charge is 0.361 e. The lowest BCUT2D eigenvalue weighted by Gasteiger charge is -2.25. The predicted octanol–water partition coefficient (Wildman–Crippen LogP) is 2.74. The molecule has 6 heteroatoms. The second kappa shape index (κ2) is 4.72. The van der Waals surface area contributed by atoms with E-state index in [2.05, 4.69) is 4.98 Å². The van der Waals surface area contributed by atoms with Crippen molar-refractivity contribution in [2.45, 2.75) is 6.17 Å². The van der Waals surface area contributed by atoms with Crippen LogP contribution in [0.4, 0.5) is 10.1 Å². The lowest BCUT2D eigenvalue weighted by atomic mass is 9.97. The minimum atomic E-state index is -1.08. The molecule has 104 valence electrons. The van der Waals surface area contributed by atoms with Gasteiger partial charge in [-0.3, -0.25) is 15.0 Å². The lowest BCUT2D eigenvalue weighted by molar-refractivity contribution is -0.384. The summed E-state index contributed by atoms with van der Waals surface area (Å²) in [5.41, 5.74) is 2.11. The summed E-state index contributed by atoms with van der Waals surface area (Å²) in [6.45, 7) is 1.02. The second-order valence-corrected chi connectivity index (χ2v) is 5.04. The highest BCUT2D eigenvalue weighted by Crippen LogP contribution is 2.32. The van der Waals surface area contributed by atoms with Gasteiger partial charge in [-0.05, 0) is 18.7 Å². The van der Waals surface area contributed by atoms with Crippen molar-refractivity contribution >= 4 is 22.2 Å². The Morgan fingerprint density at radius 3 is 3.00 bits per heavy atom. The molecule has 0 saturated carbocycles. The van der Waals surface area contributed by atoms with E-state index in [4.69, 9.17) is 0 Å². The van der Waals surface area contributed by atoms with E-state index in [0.717, 1.165) is 5.52 Å². The Morgan fingerprint density at radius 1 is 1.50 bits per heavy atom. The highest BCUT2D eigenvalue weighted by Gasteiger charge is 2.23. The summed E-state index contributed by atoms with van der Waals surface area (Å²) in [5.74, 6) is 0. The molecule has 0 radical (unpaired) electrons. The average Bonchev–Trinajstić information content (AvgIpc) is 2.81. The van der Waals surface area contributed by atoms with Gasteiger partial charge in [0.2, 0.25) is 0 Å². The molecule has 2 heterocycles. The number of rotatable bonds is 2. The first-order valence-electron chi connectivity index (χ1n) is 6.35. The van der Waals surface area contributed by atoms with Crippen LogP contribution < -0.4 is 0 Å². The van der Waals surface area contributed by atoms with Gasteiger partial charge in [0, 0.05) is 47.9 Å². The van der Waals surface area contributed by atoms with Crippen LogP contribution in [0.3, 0.4) is 0 Å². The fourth-order valence-electron chi connectivity index (χ4n) is 2.57. The molecule has 1 aliphatic rings. The average molecular weight is 275 g/mol. The van der Waals surface area contributed by atoms with E-state index in [9.17, 15) is 14.5 Å². The number of benzene rings is 1. The number of fused-ring (bicyclic) bond motifs is 1. The number of alkyl halides is 1. The quantitative estimate of drug-likeness (QED) is 0.677. The number of nitrogens with one attached hydrogen (secondary N) is 1. The molecule has 0 bridgehead atoms. The molecule has 0 saturated heterocycles. The van der Waals surface area contributed by atoms with E-state index in [1.54, 1.807) is 12.3 Å². The van der Waals surface area contributed by atoms with E-state index in [0.29, 0.717) is 29.6 Å². The Kier molecular flexibility index (Phi) is 3.02. The van der Waals surface area contributed by atoms with Crippen LogP contribution in [0.15, 0.2) is 30.5 Å². The van der Waals surface area contributed by atoms with Crippen molar-refractivity contribution in [1.82, 2.24) is 9.88 Å². The third kappa shape index (κ3) is 2.08. The van der Waals surface area contributed by atoms with Gasteiger partial charge in [0.15, 0.2) is 0 Å². The van der Waals surface area contributed by atoms with Gasteiger partial charge in [0.25, 0.3) is 5.69 Å². The number of halogens is 1. The molecular formula is C14H14FN3O2. The first-order chi connectivity index (χ1) is 9.56. The minimum Gasteiger partial charge on any atom is -0.361 e. The van der Waals surface area contributed by atoms with Crippen LogP contribution in [0.5, 0.6) is 0 Å². The van der Waals surface area contributed by atoms with Crippen molar-refractivity contribution in [1.29, 1.82) is 0 Å². The zero-order valence-corrected chi connectivity index (χ0v) is 11.0. The van der Waals surface area contributed by atoms with Gasteiger partial charge in [-0.25, -0.2) is 4.39 Å². The Labute approximate surface area is 114 Å². The van der Waals surface area contributed by atoms with E-state index >= 15 is 0 Å². The van der Waals surface area contributed by atoms with Gasteiger partial charge in [0.1, 0.15) is 6.17 Å². The topological polar surface area (TPSA) is 62.2 Å². The van der Waals surface area contributed by atoms with Crippen molar-refractivity contribution in [2.75, 3.05) is 20.1 Å². The summed E-state index contributed by atoms with van der Waals surface area (Å²) < 4.78 is 14.2. The van der Waals surface area contributed by atoms with Crippen molar-refractivity contribution in [3.8, 4) is 0 Å². The Morgan fingerprint density at radius 2 is 2.30 bits per heavy atom. The molecule has 1 N–H and O–H groups in total. The molecule has 2 aromatic rings. The molecule has 1 aromatic heterocycles. The predicted molar refractivity (Wildman–Crippen MR) is 75.3 cm³/mol. The fraction of sp³-hybridized carbons (Fsp3) is 0.286. The molecule has 0 spiro atoms. The molecular weight excluding hydrogens is 261 g/mol. The molecule has 20 heavy (non-hydrogen) atoms. The normalized spacial score (nSPS) is 20.1. The molecule has 0 amide bonds. The SMILES string of the molecule is CN1CC=C(c2c[nH]c3ccc([N+](=O)[O-])cc23)C(F)C1. The Bertz CT molecular complexity index is 708. The summed E-state index contributed by atoms with van der Waals surface area (Å²) in [4.78, 5) is 15.4. The maximum Gasteiger partial charge on any atom is 0.270 e. The summed E-state index contributed by atoms with van der Waals surface area (Å²) in [6.07, 6.45) is 2.49. The third-order valence-electron chi connectivity index (χ3n) is 3.62. The van der Waals surface area contributed by atoms with E-state index < -0.39 is 11.1 Å². The molecule has 0 fully saturated rings. The molecule has 0 aliphatic carbocycles. The fourth-order valence-corrected chi connectivity index (χ4v) is 2.57. The van der Waals surface area contributed by atoms with Crippen LogP contribution in [-0.4, -0.2) is 41.1 Å². The standard InChI is InChI=1S/C14H14FN3O2/c1-17-5-4-10(13(15)8-17)12-7-16-14-3-2-9(18(19)20)6-11(12)14/h2-4,6-7,13,16H,5,8H2,1H3. The number of likely N-dealkylation sites (N-methyl/N-ethyl adjacent to an activating group) is 1. The zero-order chi connectivity index (χ0) is 14.3. The zero-order valence-electron chi connectivity index (χ0n) is 11.0. The summed E-state index contributed by atoms with van der Waals surface area (Å²) in [5, 5.41) is 11.6. The number of hydrogen-bond acceptors (Lipinski definition) is 3. The van der Waals surface area contributed by atoms with Gasteiger partial charge in [-0.2, -0.15) is 0 Å². The van der Waals surface area contributed by atoms with Crippen molar-refractivity contribution in [2.24, 2.45) is 0 Å². The molecule has 5 nitrogen and oxygen atoms in total. The van der Waals surface area contributed by atoms with E-state index in [1.807, 2.05) is 18.0 Å². The van der Waals surface area contributed by atoms with Crippen molar-refractivity contribution in [3.63, 3.8) is 0 Å². The van der Waals surface area contributed by atoms with Crippen LogP contribution in [0.2, 0.25) is 0 Å². The molecule has 3 rings (SSSR count). The second-order valence-electron chi connectivity index (χ2n) is 5.04. The van der Waals surface area contributed by atoms with Crippen LogP contribution >= 0.6 is 0 Å². The number of hydrogen-bond donors (Lipinski definition) is 1. The highest BCUT2D eigenvalue weighted by molar-refractivity contribution is 5.95. The van der Waals surface area contributed by atoms with Gasteiger partial charge in [-0.1, -0.05) is 6.08 Å². The van der Waals surface area contributed by atoms with Crippen LogP contribution in [0.1, 0.15) is 5.56 Å². The van der Waals surface area contributed by atoms with Crippen molar-refractivity contribution < 1.29 is 9.31 Å². The summed E-state index contributed by atoms with van der Waals surface area (Å²) in [6, 6.07) is 4.59. The summed E-state index contributed by atoms with van der Waals surface area (Å²) >= 11 is 0. The maximum atomic E-state index is 14.2. The van der Waals surface area contributed by atoms with E-state index in [-0.39, 0.29) is 5.69 Å². The number of aromatic amines is 1. The first-order valence-corrected chi connectivity index (χ1v) is 6.35. The van der Waals surface area contributed by atoms with Gasteiger partial charge < -0.3 is 4.98 Å². The van der Waals surface area contributed by atoms with Crippen LogP contribution in [-0.2, 0) is 0 Å². The summed E-state index contributed by atoms with van der Waals surface area (Å²) in [7, 11) is 1.86. The third-order valence-corrected chi connectivity index (χ3v) is 3.62. The number of nitro benzene ring substituents is 1. The van der Waals surface area contributed by atoms with Gasteiger partial charge in [0.05, 0.1) is 4.92 Å². The molecule has 1 unspecified atom stereocenters. The number of nitro groups is 1. The molecule has 1 atom stereocenters. The van der Waals surface area contributed by atoms with Gasteiger partial charge >= 0.3 is 0 Å². The molecule has 1 aliphatic heterocycles. The Balaban J connectivity index is 2.12. The number of non-ortho nitro benzene ring substituents is 1. The van der Waals surface area contributed by atoms with Gasteiger partial charge in [-0.15, -0.1) is 0 Å². The van der Waals surface area contributed by atoms with Crippen LogP contribution in [0, 0.1) is 10.1 Å². The number of H-pyrrole nitrogens is 1. The first kappa shape index (κ1) is 12.8. The van der Waals surface area contributed by atoms with Crippen LogP contribution in [0.25, 0.3) is 16.5 Å². The number of aromatic nitrogens is 1. The minimum absolute atomic E-state index is 0.0160.